The SMILES string of the molecule is NS(=O)(=O)c1ccc(OCCF)c(F)c1F. The summed E-state index contributed by atoms with van der Waals surface area (Å²) in [5.74, 6) is -3.72. The summed E-state index contributed by atoms with van der Waals surface area (Å²) in [6.45, 7) is -1.33. The van der Waals surface area contributed by atoms with Gasteiger partial charge in [-0.2, -0.15) is 4.39 Å². The van der Waals surface area contributed by atoms with Crippen molar-refractivity contribution in [2.45, 2.75) is 4.90 Å². The summed E-state index contributed by atoms with van der Waals surface area (Å²) in [7, 11) is -4.34. The summed E-state index contributed by atoms with van der Waals surface area (Å²) < 4.78 is 64.2. The zero-order valence-corrected chi connectivity index (χ0v) is 8.73. The fraction of sp³-hybridized carbons (Fsp3) is 0.250. The number of rotatable bonds is 4. The Morgan fingerprint density at radius 2 is 1.88 bits per heavy atom. The van der Waals surface area contributed by atoms with E-state index in [2.05, 4.69) is 9.88 Å². The smallest absolute Gasteiger partial charge is 0.241 e. The second-order valence-electron chi connectivity index (χ2n) is 2.77. The minimum Gasteiger partial charge on any atom is -0.488 e. The quantitative estimate of drug-likeness (QED) is 0.871. The molecule has 0 aliphatic carbocycles. The van der Waals surface area contributed by atoms with Crippen LogP contribution in [0.15, 0.2) is 17.0 Å². The summed E-state index contributed by atoms with van der Waals surface area (Å²) in [4.78, 5) is -0.974. The minimum absolute atomic E-state index is 0.453. The summed E-state index contributed by atoms with van der Waals surface area (Å²) in [5, 5.41) is 4.64. The van der Waals surface area contributed by atoms with E-state index in [0.717, 1.165) is 12.1 Å². The Balaban J connectivity index is 3.19. The third-order valence-electron chi connectivity index (χ3n) is 1.65. The van der Waals surface area contributed by atoms with Crippen LogP contribution in [0.2, 0.25) is 0 Å². The van der Waals surface area contributed by atoms with Crippen molar-refractivity contribution in [2.24, 2.45) is 5.14 Å². The third-order valence-corrected chi connectivity index (χ3v) is 2.58. The van der Waals surface area contributed by atoms with Gasteiger partial charge in [0.15, 0.2) is 11.6 Å². The second kappa shape index (κ2) is 4.71. The van der Waals surface area contributed by atoms with Crippen LogP contribution in [0.5, 0.6) is 5.75 Å². The molecule has 16 heavy (non-hydrogen) atoms. The molecular weight excluding hydrogens is 247 g/mol. The number of alkyl halides is 1. The van der Waals surface area contributed by atoms with Crippen molar-refractivity contribution in [1.82, 2.24) is 0 Å². The van der Waals surface area contributed by atoms with Gasteiger partial charge < -0.3 is 4.74 Å². The van der Waals surface area contributed by atoms with Crippen molar-refractivity contribution >= 4 is 10.0 Å². The lowest BCUT2D eigenvalue weighted by Gasteiger charge is -2.07. The topological polar surface area (TPSA) is 69.4 Å². The van der Waals surface area contributed by atoms with E-state index in [1.54, 1.807) is 0 Å². The molecule has 0 heterocycles. The van der Waals surface area contributed by atoms with Gasteiger partial charge >= 0.3 is 0 Å². The maximum absolute atomic E-state index is 13.2. The molecule has 1 aromatic carbocycles. The van der Waals surface area contributed by atoms with Crippen molar-refractivity contribution in [2.75, 3.05) is 13.3 Å². The largest absolute Gasteiger partial charge is 0.488 e. The highest BCUT2D eigenvalue weighted by Gasteiger charge is 2.21. The Hall–Kier alpha value is -1.28. The number of hydrogen-bond acceptors (Lipinski definition) is 3. The first-order valence-corrected chi connectivity index (χ1v) is 5.62. The maximum atomic E-state index is 13.2. The Kier molecular flexibility index (Phi) is 3.76. The molecule has 90 valence electrons. The van der Waals surface area contributed by atoms with Gasteiger partial charge in [0.25, 0.3) is 0 Å². The number of hydrogen-bond donors (Lipinski definition) is 1. The zero-order chi connectivity index (χ0) is 12.3. The highest BCUT2D eigenvalue weighted by Crippen LogP contribution is 2.24. The number of sulfonamides is 1. The Morgan fingerprint density at radius 1 is 1.25 bits per heavy atom. The summed E-state index contributed by atoms with van der Waals surface area (Å²) in [6, 6.07) is 1.62. The molecule has 0 bridgehead atoms. The molecule has 1 rings (SSSR count). The van der Waals surface area contributed by atoms with Crippen molar-refractivity contribution < 1.29 is 26.3 Å². The van der Waals surface area contributed by atoms with Crippen LogP contribution in [0.3, 0.4) is 0 Å². The lowest BCUT2D eigenvalue weighted by molar-refractivity contribution is 0.258. The van der Waals surface area contributed by atoms with Crippen LogP contribution in [0.4, 0.5) is 13.2 Å². The van der Waals surface area contributed by atoms with Crippen LogP contribution in [0.1, 0.15) is 0 Å². The molecule has 0 amide bonds. The molecule has 0 unspecified atom stereocenters. The van der Waals surface area contributed by atoms with E-state index in [1.165, 1.54) is 0 Å². The van der Waals surface area contributed by atoms with E-state index in [1.807, 2.05) is 0 Å². The average molecular weight is 255 g/mol. The maximum Gasteiger partial charge on any atom is 0.241 e. The highest BCUT2D eigenvalue weighted by atomic mass is 32.2. The fourth-order valence-electron chi connectivity index (χ4n) is 0.994. The van der Waals surface area contributed by atoms with Gasteiger partial charge in [-0.1, -0.05) is 0 Å². The van der Waals surface area contributed by atoms with Crippen LogP contribution in [0, 0.1) is 11.6 Å². The lowest BCUT2D eigenvalue weighted by atomic mass is 10.3. The van der Waals surface area contributed by atoms with Crippen molar-refractivity contribution in [3.8, 4) is 5.75 Å². The first-order chi connectivity index (χ1) is 7.38. The second-order valence-corrected chi connectivity index (χ2v) is 4.30. The molecule has 0 saturated heterocycles. The lowest BCUT2D eigenvalue weighted by Crippen LogP contribution is -2.15. The zero-order valence-electron chi connectivity index (χ0n) is 7.91. The molecule has 0 saturated carbocycles. The van der Waals surface area contributed by atoms with E-state index < -0.39 is 45.6 Å². The molecule has 8 heteroatoms. The van der Waals surface area contributed by atoms with Gasteiger partial charge in [0.1, 0.15) is 18.2 Å². The highest BCUT2D eigenvalue weighted by molar-refractivity contribution is 7.89. The summed E-state index contributed by atoms with van der Waals surface area (Å²) in [6.07, 6.45) is 0. The molecule has 0 radical (unpaired) electrons. The van der Waals surface area contributed by atoms with E-state index in [9.17, 15) is 21.6 Å². The Morgan fingerprint density at radius 3 is 2.38 bits per heavy atom. The number of halogens is 3. The molecule has 0 spiro atoms. The van der Waals surface area contributed by atoms with Gasteiger partial charge in [-0.15, -0.1) is 0 Å². The predicted octanol–water partition coefficient (Wildman–Crippen LogP) is 0.961. The van der Waals surface area contributed by atoms with Crippen LogP contribution >= 0.6 is 0 Å². The predicted molar refractivity (Wildman–Crippen MR) is 49.2 cm³/mol. The van der Waals surface area contributed by atoms with Gasteiger partial charge in [0, 0.05) is 0 Å². The molecule has 0 aliphatic rings. The van der Waals surface area contributed by atoms with Crippen molar-refractivity contribution in [3.63, 3.8) is 0 Å². The third kappa shape index (κ3) is 2.64. The number of primary sulfonamides is 1. The van der Waals surface area contributed by atoms with Gasteiger partial charge in [0.05, 0.1) is 0 Å². The standard InChI is InChI=1S/C8H8F3NO3S/c9-3-4-15-5-1-2-6(16(12,13)14)8(11)7(5)10/h1-2H,3-4H2,(H2,12,13,14). The molecule has 0 atom stereocenters. The molecular formula is C8H8F3NO3S. The number of ether oxygens (including phenoxy) is 1. The van der Waals surface area contributed by atoms with Crippen LogP contribution in [-0.4, -0.2) is 21.7 Å². The Bertz CT molecular complexity index is 490. The van der Waals surface area contributed by atoms with Gasteiger partial charge in [-0.3, -0.25) is 0 Å². The number of nitrogens with two attached hydrogens (primary N) is 1. The molecule has 4 nitrogen and oxygen atoms in total. The summed E-state index contributed by atoms with van der Waals surface area (Å²) >= 11 is 0. The molecule has 1 aromatic rings. The van der Waals surface area contributed by atoms with Crippen LogP contribution in [-0.2, 0) is 10.0 Å². The van der Waals surface area contributed by atoms with Gasteiger partial charge in [0.2, 0.25) is 15.8 Å². The van der Waals surface area contributed by atoms with E-state index in [0.29, 0.717) is 0 Å². The first kappa shape index (κ1) is 12.8. The minimum atomic E-state index is -4.34. The molecule has 2 N–H and O–H groups in total. The average Bonchev–Trinajstić information content (AvgIpc) is 2.18. The summed E-state index contributed by atoms with van der Waals surface area (Å²) in [5.41, 5.74) is 0. The Labute approximate surface area is 89.9 Å². The number of benzene rings is 1. The molecule has 0 fully saturated rings. The van der Waals surface area contributed by atoms with Gasteiger partial charge in [-0.05, 0) is 12.1 Å². The van der Waals surface area contributed by atoms with E-state index in [4.69, 9.17) is 0 Å². The van der Waals surface area contributed by atoms with Crippen LogP contribution < -0.4 is 9.88 Å². The van der Waals surface area contributed by atoms with Crippen molar-refractivity contribution in [1.29, 1.82) is 0 Å². The fourth-order valence-corrected chi connectivity index (χ4v) is 1.59. The molecule has 0 aliphatic heterocycles. The van der Waals surface area contributed by atoms with E-state index in [-0.39, 0.29) is 0 Å². The first-order valence-electron chi connectivity index (χ1n) is 4.07. The normalized spacial score (nSPS) is 11.5. The molecule has 0 aromatic heterocycles. The van der Waals surface area contributed by atoms with E-state index >= 15 is 0 Å². The monoisotopic (exact) mass is 255 g/mol. The van der Waals surface area contributed by atoms with Crippen molar-refractivity contribution in [3.05, 3.63) is 23.8 Å². The van der Waals surface area contributed by atoms with Crippen LogP contribution in [0.25, 0.3) is 0 Å². The van der Waals surface area contributed by atoms with Gasteiger partial charge in [-0.25, -0.2) is 22.3 Å².